The summed E-state index contributed by atoms with van der Waals surface area (Å²) < 4.78 is 8.22. The maximum absolute atomic E-state index is 6.12. The lowest BCUT2D eigenvalue weighted by molar-refractivity contribution is 0.261. The van der Waals surface area contributed by atoms with Crippen molar-refractivity contribution in [3.05, 3.63) is 47.2 Å². The third-order valence-electron chi connectivity index (χ3n) is 4.67. The van der Waals surface area contributed by atoms with Gasteiger partial charge in [0.15, 0.2) is 0 Å². The van der Waals surface area contributed by atoms with Crippen LogP contribution in [-0.2, 0) is 19.6 Å². The van der Waals surface area contributed by atoms with E-state index in [9.17, 15) is 0 Å². The van der Waals surface area contributed by atoms with Gasteiger partial charge in [0, 0.05) is 12.6 Å². The topological polar surface area (TPSA) is 27.1 Å². The van der Waals surface area contributed by atoms with E-state index in [0.29, 0.717) is 6.61 Å². The van der Waals surface area contributed by atoms with Crippen molar-refractivity contribution in [3.63, 3.8) is 0 Å². The first kappa shape index (κ1) is 16.1. The van der Waals surface area contributed by atoms with Gasteiger partial charge in [-0.25, -0.2) is 4.68 Å². The highest BCUT2D eigenvalue weighted by Crippen LogP contribution is 2.28. The van der Waals surface area contributed by atoms with Crippen LogP contribution in [-0.4, -0.2) is 9.78 Å². The van der Waals surface area contributed by atoms with Crippen LogP contribution in [0.25, 0.3) is 0 Å². The summed E-state index contributed by atoms with van der Waals surface area (Å²) in [5.74, 6) is 1.70. The van der Waals surface area contributed by atoms with Crippen LogP contribution < -0.4 is 4.74 Å². The van der Waals surface area contributed by atoms with E-state index >= 15 is 0 Å². The molecular weight excluding hydrogens is 284 g/mol. The minimum atomic E-state index is 0.615. The van der Waals surface area contributed by atoms with Crippen molar-refractivity contribution in [2.75, 3.05) is 0 Å². The molecule has 1 aliphatic carbocycles. The Hall–Kier alpha value is -1.77. The van der Waals surface area contributed by atoms with Gasteiger partial charge in [-0.05, 0) is 37.7 Å². The molecule has 0 bridgehead atoms. The van der Waals surface area contributed by atoms with E-state index < -0.39 is 0 Å². The largest absolute Gasteiger partial charge is 0.473 e. The number of ether oxygens (including phenoxy) is 1. The van der Waals surface area contributed by atoms with Crippen LogP contribution in [0.15, 0.2) is 30.3 Å². The Morgan fingerprint density at radius 2 is 2.04 bits per heavy atom. The zero-order chi connectivity index (χ0) is 16.1. The summed E-state index contributed by atoms with van der Waals surface area (Å²) in [6.45, 7) is 5.94. The molecule has 0 atom stereocenters. The highest BCUT2D eigenvalue weighted by molar-refractivity contribution is 5.23. The molecular formula is C20H28N2O. The zero-order valence-corrected chi connectivity index (χ0v) is 14.4. The molecule has 0 aliphatic heterocycles. The van der Waals surface area contributed by atoms with Crippen LogP contribution in [0, 0.1) is 12.8 Å². The van der Waals surface area contributed by atoms with Gasteiger partial charge in [-0.2, -0.15) is 5.10 Å². The van der Waals surface area contributed by atoms with Gasteiger partial charge in [-0.3, -0.25) is 0 Å². The molecule has 1 aromatic heterocycles. The van der Waals surface area contributed by atoms with E-state index in [1.807, 2.05) is 0 Å². The van der Waals surface area contributed by atoms with Gasteiger partial charge in [0.25, 0.3) is 0 Å². The van der Waals surface area contributed by atoms with Crippen molar-refractivity contribution >= 4 is 0 Å². The van der Waals surface area contributed by atoms with Crippen LogP contribution >= 0.6 is 0 Å². The fourth-order valence-electron chi connectivity index (χ4n) is 3.47. The molecule has 2 aromatic rings. The van der Waals surface area contributed by atoms with Crippen LogP contribution in [0.1, 0.15) is 55.8 Å². The molecule has 3 heteroatoms. The monoisotopic (exact) mass is 312 g/mol. The van der Waals surface area contributed by atoms with Crippen molar-refractivity contribution < 1.29 is 4.74 Å². The molecule has 0 N–H and O–H groups in total. The molecule has 124 valence electrons. The second-order valence-corrected chi connectivity index (χ2v) is 6.83. The number of nitrogens with zero attached hydrogens (tertiary/aromatic N) is 2. The fourth-order valence-corrected chi connectivity index (χ4v) is 3.47. The molecule has 1 aromatic carbocycles. The van der Waals surface area contributed by atoms with E-state index in [1.54, 1.807) is 0 Å². The lowest BCUT2D eigenvalue weighted by Gasteiger charge is -2.13. The van der Waals surface area contributed by atoms with Crippen molar-refractivity contribution in [2.45, 2.75) is 65.5 Å². The lowest BCUT2D eigenvalue weighted by atomic mass is 10.1. The van der Waals surface area contributed by atoms with E-state index in [-0.39, 0.29) is 0 Å². The average Bonchev–Trinajstić information content (AvgIpc) is 3.16. The number of hydrogen-bond acceptors (Lipinski definition) is 2. The molecule has 1 saturated carbocycles. The van der Waals surface area contributed by atoms with Crippen LogP contribution in [0.4, 0.5) is 0 Å². The third kappa shape index (κ3) is 4.37. The van der Waals surface area contributed by atoms with E-state index in [4.69, 9.17) is 9.84 Å². The van der Waals surface area contributed by atoms with E-state index in [0.717, 1.165) is 36.9 Å². The SMILES string of the molecule is CCCc1cc(OCc2cccc(C)c2)n(CC2CCCC2)n1. The standard InChI is InChI=1S/C20H28N2O/c1-3-7-19-13-20(22(21-19)14-17-9-4-5-10-17)23-15-18-11-6-8-16(2)12-18/h6,8,11-13,17H,3-5,7,9-10,14-15H2,1-2H3. The summed E-state index contributed by atoms with van der Waals surface area (Å²) in [7, 11) is 0. The van der Waals surface area contributed by atoms with Gasteiger partial charge in [0.05, 0.1) is 5.69 Å². The van der Waals surface area contributed by atoms with Crippen LogP contribution in [0.2, 0.25) is 0 Å². The second kappa shape index (κ2) is 7.67. The first-order valence-corrected chi connectivity index (χ1v) is 8.99. The Labute approximate surface area is 139 Å². The summed E-state index contributed by atoms with van der Waals surface area (Å²) in [6.07, 6.45) is 7.55. The summed E-state index contributed by atoms with van der Waals surface area (Å²) in [5, 5.41) is 4.78. The summed E-state index contributed by atoms with van der Waals surface area (Å²) in [6, 6.07) is 10.6. The van der Waals surface area contributed by atoms with Gasteiger partial charge in [0.1, 0.15) is 6.61 Å². The van der Waals surface area contributed by atoms with Gasteiger partial charge < -0.3 is 4.74 Å². The van der Waals surface area contributed by atoms with Crippen molar-refractivity contribution in [1.29, 1.82) is 0 Å². The number of benzene rings is 1. The first-order valence-electron chi connectivity index (χ1n) is 8.99. The molecule has 0 unspecified atom stereocenters. The Morgan fingerprint density at radius 3 is 2.78 bits per heavy atom. The first-order chi connectivity index (χ1) is 11.2. The predicted octanol–water partition coefficient (Wildman–Crippen LogP) is 4.91. The van der Waals surface area contributed by atoms with E-state index in [2.05, 4.69) is 48.9 Å². The van der Waals surface area contributed by atoms with Crippen molar-refractivity contribution in [2.24, 2.45) is 5.92 Å². The molecule has 3 nitrogen and oxygen atoms in total. The van der Waals surface area contributed by atoms with Gasteiger partial charge >= 0.3 is 0 Å². The highest BCUT2D eigenvalue weighted by atomic mass is 16.5. The maximum Gasteiger partial charge on any atom is 0.212 e. The van der Waals surface area contributed by atoms with E-state index in [1.165, 1.54) is 36.8 Å². The Kier molecular flexibility index (Phi) is 5.37. The number of aromatic nitrogens is 2. The number of aryl methyl sites for hydroxylation is 2. The van der Waals surface area contributed by atoms with Gasteiger partial charge in [-0.15, -0.1) is 0 Å². The average molecular weight is 312 g/mol. The van der Waals surface area contributed by atoms with Gasteiger partial charge in [0.2, 0.25) is 5.88 Å². The maximum atomic E-state index is 6.12. The fraction of sp³-hybridized carbons (Fsp3) is 0.550. The zero-order valence-electron chi connectivity index (χ0n) is 14.4. The Morgan fingerprint density at radius 1 is 1.22 bits per heavy atom. The molecule has 1 fully saturated rings. The lowest BCUT2D eigenvalue weighted by Crippen LogP contribution is -2.11. The molecule has 0 spiro atoms. The molecule has 0 amide bonds. The summed E-state index contributed by atoms with van der Waals surface area (Å²) >= 11 is 0. The summed E-state index contributed by atoms with van der Waals surface area (Å²) in [5.41, 5.74) is 3.65. The Bertz CT molecular complexity index is 626. The number of rotatable bonds is 7. The minimum absolute atomic E-state index is 0.615. The number of hydrogen-bond donors (Lipinski definition) is 0. The smallest absolute Gasteiger partial charge is 0.212 e. The molecule has 23 heavy (non-hydrogen) atoms. The van der Waals surface area contributed by atoms with Crippen molar-refractivity contribution in [3.8, 4) is 5.88 Å². The molecule has 0 radical (unpaired) electrons. The molecule has 1 aliphatic rings. The Balaban J connectivity index is 1.70. The van der Waals surface area contributed by atoms with Crippen LogP contribution in [0.5, 0.6) is 5.88 Å². The highest BCUT2D eigenvalue weighted by Gasteiger charge is 2.18. The normalized spacial score (nSPS) is 15.2. The molecule has 3 rings (SSSR count). The predicted molar refractivity (Wildman–Crippen MR) is 93.7 cm³/mol. The minimum Gasteiger partial charge on any atom is -0.473 e. The quantitative estimate of drug-likeness (QED) is 0.726. The van der Waals surface area contributed by atoms with Gasteiger partial charge in [-0.1, -0.05) is 56.0 Å². The van der Waals surface area contributed by atoms with Crippen LogP contribution in [0.3, 0.4) is 0 Å². The molecule has 0 saturated heterocycles. The summed E-state index contributed by atoms with van der Waals surface area (Å²) in [4.78, 5) is 0. The second-order valence-electron chi connectivity index (χ2n) is 6.83. The molecule has 1 heterocycles. The van der Waals surface area contributed by atoms with Crippen molar-refractivity contribution in [1.82, 2.24) is 9.78 Å². The third-order valence-corrected chi connectivity index (χ3v) is 4.67.